The lowest BCUT2D eigenvalue weighted by Gasteiger charge is -2.15. The first-order valence-corrected chi connectivity index (χ1v) is 5.31. The zero-order valence-electron chi connectivity index (χ0n) is 9.50. The van der Waals surface area contributed by atoms with E-state index in [0.717, 1.165) is 22.0 Å². The van der Waals surface area contributed by atoms with Crippen LogP contribution in [0.1, 0.15) is 5.56 Å². The molecule has 17 heavy (non-hydrogen) atoms. The van der Waals surface area contributed by atoms with Crippen LogP contribution in [0.5, 0.6) is 0 Å². The molecule has 0 aromatic heterocycles. The summed E-state index contributed by atoms with van der Waals surface area (Å²) >= 11 is 0. The maximum absolute atomic E-state index is 9.11. The number of nitrogens with zero attached hydrogens (tertiary/aromatic N) is 2. The van der Waals surface area contributed by atoms with Gasteiger partial charge in [-0.25, -0.2) is 5.01 Å². The highest BCUT2D eigenvalue weighted by Crippen LogP contribution is 2.27. The summed E-state index contributed by atoms with van der Waals surface area (Å²) in [5.74, 6) is 0. The van der Waals surface area contributed by atoms with Crippen molar-refractivity contribution in [3.05, 3.63) is 54.7 Å². The van der Waals surface area contributed by atoms with Gasteiger partial charge < -0.3 is 5.11 Å². The van der Waals surface area contributed by atoms with Crippen LogP contribution in [-0.4, -0.2) is 11.8 Å². The van der Waals surface area contributed by atoms with E-state index in [1.165, 1.54) is 0 Å². The van der Waals surface area contributed by atoms with E-state index in [1.807, 2.05) is 36.4 Å². The van der Waals surface area contributed by atoms with E-state index in [1.54, 1.807) is 11.2 Å². The zero-order valence-corrected chi connectivity index (χ0v) is 9.50. The molecule has 0 spiro atoms. The Bertz CT molecular complexity index is 555. The summed E-state index contributed by atoms with van der Waals surface area (Å²) in [6.45, 7) is 7.26. The fraction of sp³-hybridized carbons (Fsp3) is 0.0714. The van der Waals surface area contributed by atoms with Crippen molar-refractivity contribution in [1.29, 1.82) is 0 Å². The van der Waals surface area contributed by atoms with E-state index in [4.69, 9.17) is 5.11 Å². The standard InChI is InChI=1S/C14H14N2O/c1-3-16(15-2)14-6-4-5-12-9-11(10-17)7-8-13(12)14/h3-9,17H,1-2,10H2. The Balaban J connectivity index is 2.65. The number of hydrazone groups is 1. The van der Waals surface area contributed by atoms with Gasteiger partial charge in [0.1, 0.15) is 0 Å². The van der Waals surface area contributed by atoms with Crippen LogP contribution >= 0.6 is 0 Å². The lowest BCUT2D eigenvalue weighted by Crippen LogP contribution is -2.05. The van der Waals surface area contributed by atoms with E-state index in [2.05, 4.69) is 18.4 Å². The molecule has 0 aliphatic rings. The monoisotopic (exact) mass is 226 g/mol. The van der Waals surface area contributed by atoms with Crippen LogP contribution < -0.4 is 5.01 Å². The third-order valence-corrected chi connectivity index (χ3v) is 2.68. The van der Waals surface area contributed by atoms with Crippen LogP contribution in [0.4, 0.5) is 5.69 Å². The molecule has 0 unspecified atom stereocenters. The molecule has 3 nitrogen and oxygen atoms in total. The maximum atomic E-state index is 9.11. The normalized spacial score (nSPS) is 10.2. The van der Waals surface area contributed by atoms with E-state index < -0.39 is 0 Å². The minimum absolute atomic E-state index is 0.0467. The summed E-state index contributed by atoms with van der Waals surface area (Å²) in [5, 5.41) is 16.7. The molecule has 2 rings (SSSR count). The molecule has 0 radical (unpaired) electrons. The fourth-order valence-electron chi connectivity index (χ4n) is 1.85. The van der Waals surface area contributed by atoms with Crippen molar-refractivity contribution in [1.82, 2.24) is 0 Å². The molecule has 0 aliphatic heterocycles. The molecule has 0 atom stereocenters. The van der Waals surface area contributed by atoms with Crippen molar-refractivity contribution < 1.29 is 5.11 Å². The number of anilines is 1. The van der Waals surface area contributed by atoms with Gasteiger partial charge >= 0.3 is 0 Å². The molecular formula is C14H14N2O. The minimum Gasteiger partial charge on any atom is -0.392 e. The lowest BCUT2D eigenvalue weighted by atomic mass is 10.1. The highest BCUT2D eigenvalue weighted by molar-refractivity contribution is 5.95. The van der Waals surface area contributed by atoms with Crippen LogP contribution in [0.15, 0.2) is 54.3 Å². The van der Waals surface area contributed by atoms with E-state index in [-0.39, 0.29) is 6.61 Å². The van der Waals surface area contributed by atoms with Crippen molar-refractivity contribution in [2.45, 2.75) is 6.61 Å². The Morgan fingerprint density at radius 2 is 2.12 bits per heavy atom. The Morgan fingerprint density at radius 1 is 1.29 bits per heavy atom. The maximum Gasteiger partial charge on any atom is 0.0723 e. The van der Waals surface area contributed by atoms with Crippen molar-refractivity contribution in [2.75, 3.05) is 5.01 Å². The predicted octanol–water partition coefficient (Wildman–Crippen LogP) is 2.90. The number of aliphatic hydroxyl groups excluding tert-OH is 1. The summed E-state index contributed by atoms with van der Waals surface area (Å²) < 4.78 is 0. The van der Waals surface area contributed by atoms with Gasteiger partial charge in [0.15, 0.2) is 0 Å². The zero-order chi connectivity index (χ0) is 12.3. The Labute approximate surface area is 100 Å². The molecule has 0 saturated heterocycles. The largest absolute Gasteiger partial charge is 0.392 e. The van der Waals surface area contributed by atoms with Gasteiger partial charge in [0, 0.05) is 18.3 Å². The van der Waals surface area contributed by atoms with Gasteiger partial charge in [0.2, 0.25) is 0 Å². The van der Waals surface area contributed by atoms with Gasteiger partial charge in [-0.1, -0.05) is 30.8 Å². The molecule has 2 aromatic rings. The van der Waals surface area contributed by atoms with Crippen LogP contribution in [-0.2, 0) is 6.61 Å². The SMILES string of the molecule is C=CN(N=C)c1cccc2cc(CO)ccc12. The molecule has 0 aliphatic carbocycles. The third-order valence-electron chi connectivity index (χ3n) is 2.68. The molecule has 0 fully saturated rings. The van der Waals surface area contributed by atoms with Gasteiger partial charge in [-0.05, 0) is 23.1 Å². The van der Waals surface area contributed by atoms with Crippen LogP contribution in [0.3, 0.4) is 0 Å². The molecule has 2 aromatic carbocycles. The van der Waals surface area contributed by atoms with Gasteiger partial charge in [-0.2, -0.15) is 5.10 Å². The molecule has 0 heterocycles. The molecule has 3 heteroatoms. The summed E-state index contributed by atoms with van der Waals surface area (Å²) in [7, 11) is 0. The minimum atomic E-state index is 0.0467. The van der Waals surface area contributed by atoms with Crippen LogP contribution in [0.2, 0.25) is 0 Å². The lowest BCUT2D eigenvalue weighted by molar-refractivity contribution is 0.282. The fourth-order valence-corrected chi connectivity index (χ4v) is 1.85. The van der Waals surface area contributed by atoms with Gasteiger partial charge in [0.05, 0.1) is 12.3 Å². The van der Waals surface area contributed by atoms with E-state index in [9.17, 15) is 0 Å². The summed E-state index contributed by atoms with van der Waals surface area (Å²) in [6.07, 6.45) is 1.61. The number of benzene rings is 2. The number of hydrogen-bond acceptors (Lipinski definition) is 3. The van der Waals surface area contributed by atoms with Gasteiger partial charge in [0.25, 0.3) is 0 Å². The smallest absolute Gasteiger partial charge is 0.0723 e. The van der Waals surface area contributed by atoms with Crippen LogP contribution in [0.25, 0.3) is 10.8 Å². The number of rotatable bonds is 4. The Hall–Kier alpha value is -2.13. The highest BCUT2D eigenvalue weighted by atomic mass is 16.3. The summed E-state index contributed by atoms with van der Waals surface area (Å²) in [4.78, 5) is 0. The van der Waals surface area contributed by atoms with Gasteiger partial charge in [-0.15, -0.1) is 0 Å². The third kappa shape index (κ3) is 2.05. The Kier molecular flexibility index (Phi) is 3.21. The molecule has 1 N–H and O–H groups in total. The molecule has 0 saturated carbocycles. The summed E-state index contributed by atoms with van der Waals surface area (Å²) in [6, 6.07) is 11.7. The average Bonchev–Trinajstić information content (AvgIpc) is 2.39. The second-order valence-electron chi connectivity index (χ2n) is 3.66. The molecule has 0 bridgehead atoms. The van der Waals surface area contributed by atoms with E-state index >= 15 is 0 Å². The highest BCUT2D eigenvalue weighted by Gasteiger charge is 2.05. The second-order valence-corrected chi connectivity index (χ2v) is 3.66. The molecule has 86 valence electrons. The first-order chi connectivity index (χ1) is 8.30. The quantitative estimate of drug-likeness (QED) is 0.642. The topological polar surface area (TPSA) is 35.8 Å². The predicted molar refractivity (Wildman–Crippen MR) is 72.1 cm³/mol. The second kappa shape index (κ2) is 4.80. The first-order valence-electron chi connectivity index (χ1n) is 5.31. The number of aliphatic hydroxyl groups is 1. The van der Waals surface area contributed by atoms with Gasteiger partial charge in [-0.3, -0.25) is 0 Å². The number of fused-ring (bicyclic) bond motifs is 1. The van der Waals surface area contributed by atoms with Crippen molar-refractivity contribution in [2.24, 2.45) is 5.10 Å². The van der Waals surface area contributed by atoms with Crippen molar-refractivity contribution in [3.8, 4) is 0 Å². The summed E-state index contributed by atoms with van der Waals surface area (Å²) in [5.41, 5.74) is 1.82. The van der Waals surface area contributed by atoms with Crippen molar-refractivity contribution in [3.63, 3.8) is 0 Å². The Morgan fingerprint density at radius 3 is 2.76 bits per heavy atom. The van der Waals surface area contributed by atoms with Crippen LogP contribution in [0, 0.1) is 0 Å². The average molecular weight is 226 g/mol. The van der Waals surface area contributed by atoms with E-state index in [0.29, 0.717) is 0 Å². The molecular weight excluding hydrogens is 212 g/mol. The number of hydrogen-bond donors (Lipinski definition) is 1. The van der Waals surface area contributed by atoms with Crippen molar-refractivity contribution >= 4 is 23.2 Å². The molecule has 0 amide bonds. The first kappa shape index (κ1) is 11.4.